The van der Waals surface area contributed by atoms with Crippen LogP contribution in [0.1, 0.15) is 24.0 Å². The molecule has 1 aliphatic heterocycles. The van der Waals surface area contributed by atoms with Crippen LogP contribution in [0.5, 0.6) is 0 Å². The maximum absolute atomic E-state index is 13.3. The van der Waals surface area contributed by atoms with E-state index in [0.717, 1.165) is 71.7 Å². The molecular weight excluding hydrogens is 411 g/mol. The van der Waals surface area contributed by atoms with Gasteiger partial charge in [-0.1, -0.05) is 60.7 Å². The van der Waals surface area contributed by atoms with Gasteiger partial charge in [-0.3, -0.25) is 0 Å². The third kappa shape index (κ3) is 3.88. The van der Waals surface area contributed by atoms with Crippen molar-refractivity contribution < 1.29 is 13.2 Å². The van der Waals surface area contributed by atoms with Crippen molar-refractivity contribution in [1.29, 1.82) is 0 Å². The van der Waals surface area contributed by atoms with Crippen LogP contribution < -0.4 is 5.32 Å². The lowest BCUT2D eigenvalue weighted by Gasteiger charge is -2.12. The maximum Gasteiger partial charge on any atom is 0.416 e. The fraction of sp³-hybridized carbons (Fsp3) is 0.192. The Kier molecular flexibility index (Phi) is 5.21. The van der Waals surface area contributed by atoms with Crippen molar-refractivity contribution in [2.24, 2.45) is 0 Å². The summed E-state index contributed by atoms with van der Waals surface area (Å²) in [4.78, 5) is 0. The Morgan fingerprint density at radius 2 is 1.50 bits per heavy atom. The molecule has 1 aliphatic rings. The normalized spacial score (nSPS) is 13.8. The van der Waals surface area contributed by atoms with Gasteiger partial charge in [0, 0.05) is 17.7 Å². The Bertz CT molecular complexity index is 1230. The van der Waals surface area contributed by atoms with Crippen molar-refractivity contribution in [3.63, 3.8) is 0 Å². The molecule has 0 amide bonds. The molecule has 0 fully saturated rings. The molecule has 6 heteroatoms. The van der Waals surface area contributed by atoms with Gasteiger partial charge in [-0.2, -0.15) is 18.3 Å². The van der Waals surface area contributed by atoms with E-state index >= 15 is 0 Å². The highest BCUT2D eigenvalue weighted by Crippen LogP contribution is 2.36. The summed E-state index contributed by atoms with van der Waals surface area (Å²) in [6.07, 6.45) is -1.56. The van der Waals surface area contributed by atoms with Gasteiger partial charge < -0.3 is 5.32 Å². The van der Waals surface area contributed by atoms with Gasteiger partial charge in [0.1, 0.15) is 5.82 Å². The maximum atomic E-state index is 13.3. The number of fused-ring (bicyclic) bond motifs is 1. The molecule has 0 bridgehead atoms. The number of aromatic nitrogens is 2. The monoisotopic (exact) mass is 433 g/mol. The molecule has 1 N–H and O–H groups in total. The number of rotatable bonds is 3. The van der Waals surface area contributed by atoms with Crippen LogP contribution in [0.3, 0.4) is 0 Å². The molecule has 1 aromatic heterocycles. The molecular formula is C26H22F3N3. The lowest BCUT2D eigenvalue weighted by atomic mass is 10.00. The molecule has 0 saturated carbocycles. The summed E-state index contributed by atoms with van der Waals surface area (Å²) in [5.41, 5.74) is 4.78. The van der Waals surface area contributed by atoms with E-state index in [0.29, 0.717) is 5.69 Å². The molecule has 5 rings (SSSR count). The minimum Gasteiger partial charge on any atom is -0.370 e. The largest absolute Gasteiger partial charge is 0.416 e. The van der Waals surface area contributed by atoms with Gasteiger partial charge in [0.25, 0.3) is 0 Å². The van der Waals surface area contributed by atoms with Crippen LogP contribution in [0, 0.1) is 0 Å². The minimum absolute atomic E-state index is 0.401. The van der Waals surface area contributed by atoms with Crippen LogP contribution in [0.15, 0.2) is 78.9 Å². The smallest absolute Gasteiger partial charge is 0.370 e. The van der Waals surface area contributed by atoms with E-state index in [9.17, 15) is 13.2 Å². The first-order valence-corrected chi connectivity index (χ1v) is 10.7. The van der Waals surface area contributed by atoms with Crippen molar-refractivity contribution >= 4 is 5.82 Å². The second kappa shape index (κ2) is 8.19. The average molecular weight is 433 g/mol. The van der Waals surface area contributed by atoms with Gasteiger partial charge in [0.2, 0.25) is 0 Å². The molecule has 0 spiro atoms. The third-order valence-electron chi connectivity index (χ3n) is 5.81. The predicted octanol–water partition coefficient (Wildman–Crippen LogP) is 6.97. The van der Waals surface area contributed by atoms with Gasteiger partial charge in [-0.15, -0.1) is 0 Å². The molecule has 0 saturated heterocycles. The fourth-order valence-corrected chi connectivity index (χ4v) is 4.19. The number of anilines is 1. The molecule has 0 aliphatic carbocycles. The predicted molar refractivity (Wildman–Crippen MR) is 121 cm³/mol. The summed E-state index contributed by atoms with van der Waals surface area (Å²) in [5, 5.41) is 8.18. The molecule has 32 heavy (non-hydrogen) atoms. The van der Waals surface area contributed by atoms with Gasteiger partial charge in [-0.05, 0) is 48.6 Å². The summed E-state index contributed by atoms with van der Waals surface area (Å²) in [7, 11) is 0. The zero-order valence-electron chi connectivity index (χ0n) is 17.4. The Morgan fingerprint density at radius 3 is 2.25 bits per heavy atom. The Balaban J connectivity index is 1.59. The molecule has 3 nitrogen and oxygen atoms in total. The summed E-state index contributed by atoms with van der Waals surface area (Å²) < 4.78 is 41.5. The average Bonchev–Trinajstić information content (AvgIpc) is 3.00. The second-order valence-electron chi connectivity index (χ2n) is 7.96. The summed E-state index contributed by atoms with van der Waals surface area (Å²) >= 11 is 0. The molecule has 0 radical (unpaired) electrons. The van der Waals surface area contributed by atoms with Crippen LogP contribution >= 0.6 is 0 Å². The SMILES string of the molecule is FC(F)(F)c1cccc(-n2nc(-c3ccc(-c4ccccc4)cc3)c3c2NCCCC3)c1. The lowest BCUT2D eigenvalue weighted by molar-refractivity contribution is -0.137. The van der Waals surface area contributed by atoms with E-state index in [1.54, 1.807) is 10.7 Å². The first-order valence-electron chi connectivity index (χ1n) is 10.7. The van der Waals surface area contributed by atoms with Crippen LogP contribution in [0.25, 0.3) is 28.1 Å². The zero-order valence-corrected chi connectivity index (χ0v) is 17.4. The highest BCUT2D eigenvalue weighted by molar-refractivity contribution is 5.74. The summed E-state index contributed by atoms with van der Waals surface area (Å²) in [6, 6.07) is 23.6. The van der Waals surface area contributed by atoms with Crippen molar-refractivity contribution in [2.75, 3.05) is 11.9 Å². The van der Waals surface area contributed by atoms with Crippen LogP contribution in [0.2, 0.25) is 0 Å². The standard InChI is InChI=1S/C26H22F3N3/c27-26(28,29)21-9-6-10-22(17-21)32-25-23(11-4-5-16-30-25)24(31-32)20-14-12-19(13-15-20)18-7-2-1-3-8-18/h1-3,6-10,12-15,17,30H,4-5,11,16H2. The van der Waals surface area contributed by atoms with Gasteiger partial charge in [-0.25, -0.2) is 4.68 Å². The molecule has 162 valence electrons. The lowest BCUT2D eigenvalue weighted by Crippen LogP contribution is -2.09. The molecule has 3 aromatic carbocycles. The van der Waals surface area contributed by atoms with Crippen molar-refractivity contribution in [2.45, 2.75) is 25.4 Å². The number of hydrogen-bond donors (Lipinski definition) is 1. The highest BCUT2D eigenvalue weighted by Gasteiger charge is 2.31. The number of hydrogen-bond acceptors (Lipinski definition) is 2. The van der Waals surface area contributed by atoms with Gasteiger partial charge >= 0.3 is 6.18 Å². The molecule has 0 atom stereocenters. The fourth-order valence-electron chi connectivity index (χ4n) is 4.19. The number of alkyl halides is 3. The van der Waals surface area contributed by atoms with E-state index in [1.807, 2.05) is 30.3 Å². The Hall–Kier alpha value is -3.54. The van der Waals surface area contributed by atoms with E-state index < -0.39 is 11.7 Å². The quantitative estimate of drug-likeness (QED) is 0.378. The Morgan fingerprint density at radius 1 is 0.781 bits per heavy atom. The van der Waals surface area contributed by atoms with Crippen LogP contribution in [0.4, 0.5) is 19.0 Å². The Labute approximate surface area is 184 Å². The van der Waals surface area contributed by atoms with Crippen molar-refractivity contribution in [3.05, 3.63) is 90.0 Å². The molecule has 0 unspecified atom stereocenters. The van der Waals surface area contributed by atoms with E-state index in [-0.39, 0.29) is 0 Å². The number of nitrogens with zero attached hydrogens (tertiary/aromatic N) is 2. The van der Waals surface area contributed by atoms with E-state index in [2.05, 4.69) is 29.6 Å². The number of benzene rings is 3. The summed E-state index contributed by atoms with van der Waals surface area (Å²) in [5.74, 6) is 0.781. The highest BCUT2D eigenvalue weighted by atomic mass is 19.4. The van der Waals surface area contributed by atoms with E-state index in [4.69, 9.17) is 5.10 Å². The third-order valence-corrected chi connectivity index (χ3v) is 5.81. The minimum atomic E-state index is -4.40. The molecule has 4 aromatic rings. The molecule has 2 heterocycles. The van der Waals surface area contributed by atoms with E-state index in [1.165, 1.54) is 6.07 Å². The topological polar surface area (TPSA) is 29.9 Å². The van der Waals surface area contributed by atoms with Crippen LogP contribution in [-0.4, -0.2) is 16.3 Å². The van der Waals surface area contributed by atoms with Crippen LogP contribution in [-0.2, 0) is 12.6 Å². The van der Waals surface area contributed by atoms with Gasteiger partial charge in [0.15, 0.2) is 0 Å². The second-order valence-corrected chi connectivity index (χ2v) is 7.96. The number of halogens is 3. The first-order chi connectivity index (χ1) is 15.5. The van der Waals surface area contributed by atoms with Crippen molar-refractivity contribution in [1.82, 2.24) is 9.78 Å². The number of nitrogens with one attached hydrogen (secondary N) is 1. The van der Waals surface area contributed by atoms with Crippen molar-refractivity contribution in [3.8, 4) is 28.1 Å². The summed E-state index contributed by atoms with van der Waals surface area (Å²) in [6.45, 7) is 0.768. The first kappa shape index (κ1) is 20.4. The zero-order chi connectivity index (χ0) is 22.1. The van der Waals surface area contributed by atoms with Gasteiger partial charge in [0.05, 0.1) is 16.9 Å².